The molecule has 3 aliphatic heterocycles. The summed E-state index contributed by atoms with van der Waals surface area (Å²) in [6.07, 6.45) is 9.91. The van der Waals surface area contributed by atoms with Crippen LogP contribution in [0.25, 0.3) is 0 Å². The molecule has 3 fully saturated rings. The van der Waals surface area contributed by atoms with Crippen molar-refractivity contribution in [3.63, 3.8) is 0 Å². The van der Waals surface area contributed by atoms with Crippen molar-refractivity contribution in [3.05, 3.63) is 54.1 Å². The fourth-order valence-electron chi connectivity index (χ4n) is 8.33. The molecule has 0 aromatic heterocycles. The second-order valence-corrected chi connectivity index (χ2v) is 38.0. The lowest BCUT2D eigenvalue weighted by atomic mass is 9.93. The average molecular weight is 1000 g/mol. The van der Waals surface area contributed by atoms with E-state index in [0.717, 1.165) is 48.6 Å². The molecule has 0 spiro atoms. The van der Waals surface area contributed by atoms with Crippen molar-refractivity contribution in [1.82, 2.24) is 0 Å². The minimum atomic E-state index is -3.68. The predicted molar refractivity (Wildman–Crippen MR) is 276 cm³/mol. The van der Waals surface area contributed by atoms with Gasteiger partial charge >= 0.3 is 0 Å². The van der Waals surface area contributed by atoms with Gasteiger partial charge in [-0.1, -0.05) is 79.3 Å². The molecule has 3 saturated heterocycles. The third-order valence-electron chi connectivity index (χ3n) is 14.4. The number of benzene rings is 1. The second kappa shape index (κ2) is 23.9. The van der Waals surface area contributed by atoms with Crippen LogP contribution in [0.2, 0.25) is 36.3 Å². The van der Waals surface area contributed by atoms with Gasteiger partial charge in [-0.25, -0.2) is 8.42 Å². The van der Waals surface area contributed by atoms with Crippen LogP contribution in [0.4, 0.5) is 0 Å². The number of hydrogen-bond donors (Lipinski definition) is 0. The lowest BCUT2D eigenvalue weighted by molar-refractivity contribution is -0.00350. The van der Waals surface area contributed by atoms with E-state index in [4.69, 9.17) is 22.5 Å². The number of rotatable bonds is 25. The number of sulfone groups is 1. The molecular formula is C49H86O9S4Si2. The minimum Gasteiger partial charge on any atom is -0.414 e. The van der Waals surface area contributed by atoms with E-state index in [1.165, 1.54) is 17.9 Å². The molecule has 64 heavy (non-hydrogen) atoms. The Morgan fingerprint density at radius 2 is 1.48 bits per heavy atom. The lowest BCUT2D eigenvalue weighted by Crippen LogP contribution is -2.48. The van der Waals surface area contributed by atoms with E-state index in [0.29, 0.717) is 67.5 Å². The molecule has 0 unspecified atom stereocenters. The molecule has 1 aromatic rings. The number of thioether (sulfide) groups is 2. The Morgan fingerprint density at radius 1 is 0.844 bits per heavy atom. The van der Waals surface area contributed by atoms with Gasteiger partial charge in [0.2, 0.25) is 0 Å². The van der Waals surface area contributed by atoms with E-state index >= 15 is 0 Å². The quantitative estimate of drug-likeness (QED) is 0.0530. The molecule has 3 aliphatic rings. The zero-order valence-electron chi connectivity index (χ0n) is 41.7. The third-order valence-corrected chi connectivity index (χ3v) is 29.0. The van der Waals surface area contributed by atoms with Gasteiger partial charge in [0.1, 0.15) is 0 Å². The van der Waals surface area contributed by atoms with Crippen LogP contribution in [0, 0.1) is 5.92 Å². The topological polar surface area (TPSA) is 114 Å². The van der Waals surface area contributed by atoms with E-state index in [9.17, 15) is 16.8 Å². The monoisotopic (exact) mass is 1000 g/mol. The van der Waals surface area contributed by atoms with Gasteiger partial charge in [-0.15, -0.1) is 23.5 Å². The molecule has 7 atom stereocenters. The van der Waals surface area contributed by atoms with Crippen LogP contribution in [0.3, 0.4) is 0 Å². The van der Waals surface area contributed by atoms with Crippen molar-refractivity contribution in [1.29, 1.82) is 0 Å². The zero-order valence-corrected chi connectivity index (χ0v) is 46.9. The van der Waals surface area contributed by atoms with Gasteiger partial charge in [-0.3, -0.25) is 4.18 Å². The van der Waals surface area contributed by atoms with E-state index in [1.54, 1.807) is 12.1 Å². The van der Waals surface area contributed by atoms with E-state index in [-0.39, 0.29) is 52.3 Å². The summed E-state index contributed by atoms with van der Waals surface area (Å²) in [5.74, 6) is 2.26. The van der Waals surface area contributed by atoms with Crippen LogP contribution in [0.15, 0.2) is 53.5 Å². The van der Waals surface area contributed by atoms with Crippen LogP contribution >= 0.6 is 23.5 Å². The van der Waals surface area contributed by atoms with Gasteiger partial charge in [0, 0.05) is 12.3 Å². The van der Waals surface area contributed by atoms with Gasteiger partial charge in [0.25, 0.3) is 10.1 Å². The van der Waals surface area contributed by atoms with Gasteiger partial charge < -0.3 is 18.3 Å². The van der Waals surface area contributed by atoms with E-state index < -0.39 is 42.7 Å². The summed E-state index contributed by atoms with van der Waals surface area (Å²) in [5, 5.41) is 0.0540. The van der Waals surface area contributed by atoms with Crippen LogP contribution in [0.1, 0.15) is 131 Å². The maximum Gasteiger partial charge on any atom is 0.264 e. The van der Waals surface area contributed by atoms with Gasteiger partial charge in [-0.2, -0.15) is 8.42 Å². The molecule has 0 radical (unpaired) electrons. The summed E-state index contributed by atoms with van der Waals surface area (Å²) in [6.45, 7) is 33.8. The Morgan fingerprint density at radius 3 is 2.08 bits per heavy atom. The Kier molecular flexibility index (Phi) is 21.0. The molecule has 0 aliphatic carbocycles. The first-order chi connectivity index (χ1) is 29.6. The number of aryl methyl sites for hydroxylation is 1. The molecule has 9 nitrogen and oxygen atoms in total. The van der Waals surface area contributed by atoms with Crippen LogP contribution in [-0.4, -0.2) is 105 Å². The summed E-state index contributed by atoms with van der Waals surface area (Å²) < 4.78 is 86.3. The standard InChI is InChI=1S/C49H86O9S4Si2/c1-15-38-19-24-44(25-20-38)62(52,53)35-39-32-42(33-43(58-64(13,14)49(7,8)9)34-54-63(11,12)48(4,5)6)56-46(39)26-18-36(2)17-21-40(57-61(10,50)51)22-27-45-37(3)31-41(55-45)23-28-47-59-29-16-30-60-47/h19-20,24-25,39-43,45-47H,2-3,15-18,21-23,26-35H2,1,4-14H3/t39-,40-,41-,42-,43-,45-,46-/m0/s1. The SMILES string of the molecule is C=C(CC[C@@H](CC[C@@H]1O[C@@H](CCC2SCCCS2)CC1=C)OS(C)(=O)=O)CC[C@@H]1O[C@H](C[C@@H](CO[Si](C)(C)C(C)(C)C)O[Si](C)(C)C(C)(C)C)C[C@H]1CS(=O)(=O)c1ccc(CC)cc1. The summed E-state index contributed by atoms with van der Waals surface area (Å²) in [4.78, 5) is 0.342. The molecule has 3 heterocycles. The minimum absolute atomic E-state index is 0.00148. The first-order valence-electron chi connectivity index (χ1n) is 24.0. The molecule has 0 amide bonds. The maximum atomic E-state index is 14.0. The smallest absolute Gasteiger partial charge is 0.264 e. The van der Waals surface area contributed by atoms with Crippen molar-refractivity contribution < 1.29 is 39.3 Å². The van der Waals surface area contributed by atoms with Crippen molar-refractivity contribution in [2.45, 2.75) is 214 Å². The first kappa shape index (κ1) is 56.1. The molecule has 1 aromatic carbocycles. The predicted octanol–water partition coefficient (Wildman–Crippen LogP) is 12.5. The molecule has 368 valence electrons. The third kappa shape index (κ3) is 17.8. The Bertz CT molecular complexity index is 1870. The maximum absolute atomic E-state index is 14.0. The largest absolute Gasteiger partial charge is 0.414 e. The summed E-state index contributed by atoms with van der Waals surface area (Å²) in [7, 11) is -11.5. The van der Waals surface area contributed by atoms with E-state index in [2.05, 4.69) is 111 Å². The Balaban J connectivity index is 1.43. The molecule has 4 rings (SSSR count). The fraction of sp³-hybridized carbons (Fsp3) is 0.796. The van der Waals surface area contributed by atoms with Crippen LogP contribution in [-0.2, 0) is 48.9 Å². The Hall–Kier alpha value is -0.466. The van der Waals surface area contributed by atoms with Crippen LogP contribution < -0.4 is 0 Å². The van der Waals surface area contributed by atoms with Crippen molar-refractivity contribution in [2.24, 2.45) is 5.92 Å². The molecule has 15 heteroatoms. The second-order valence-electron chi connectivity index (χ2n) is 21.9. The van der Waals surface area contributed by atoms with Gasteiger partial charge in [0.05, 0.1) is 64.7 Å². The number of ether oxygens (including phenoxy) is 2. The van der Waals surface area contributed by atoms with Crippen molar-refractivity contribution >= 4 is 60.1 Å². The van der Waals surface area contributed by atoms with Gasteiger partial charge in [0.15, 0.2) is 26.5 Å². The number of allylic oxidation sites excluding steroid dienone is 1. The highest BCUT2D eigenvalue weighted by molar-refractivity contribution is 8.17. The molecular weight excluding hydrogens is 917 g/mol. The summed E-state index contributed by atoms with van der Waals surface area (Å²) in [5.41, 5.74) is 3.15. The lowest BCUT2D eigenvalue weighted by Gasteiger charge is -2.42. The molecule has 0 N–H and O–H groups in total. The average Bonchev–Trinajstić information content (AvgIpc) is 3.75. The Labute approximate surface area is 401 Å². The fourth-order valence-corrected chi connectivity index (χ4v) is 16.0. The first-order valence-corrected chi connectivity index (χ1v) is 35.4. The highest BCUT2D eigenvalue weighted by Crippen LogP contribution is 2.42. The van der Waals surface area contributed by atoms with Crippen LogP contribution in [0.5, 0.6) is 0 Å². The highest BCUT2D eigenvalue weighted by Gasteiger charge is 2.44. The number of hydrogen-bond acceptors (Lipinski definition) is 11. The summed E-state index contributed by atoms with van der Waals surface area (Å²) >= 11 is 4.12. The molecule has 0 saturated carbocycles. The highest BCUT2D eigenvalue weighted by atomic mass is 32.2. The molecule has 0 bridgehead atoms. The zero-order chi connectivity index (χ0) is 47.7. The summed E-state index contributed by atoms with van der Waals surface area (Å²) in [6, 6.07) is 7.27. The normalized spacial score (nSPS) is 24.3. The van der Waals surface area contributed by atoms with Crippen molar-refractivity contribution in [2.75, 3.05) is 30.1 Å². The van der Waals surface area contributed by atoms with Gasteiger partial charge in [-0.05, 0) is 148 Å². The van der Waals surface area contributed by atoms with Crippen molar-refractivity contribution in [3.8, 4) is 0 Å². The van der Waals surface area contributed by atoms with E-state index in [1.807, 2.05) is 12.1 Å².